The van der Waals surface area contributed by atoms with Gasteiger partial charge in [-0.25, -0.2) is 18.4 Å². The number of halogens is 5. The van der Waals surface area contributed by atoms with Crippen LogP contribution in [-0.4, -0.2) is 35.8 Å². The summed E-state index contributed by atoms with van der Waals surface area (Å²) in [5.74, 6) is -1.65. The molecular formula is C23H20Cl3F2N5O2. The van der Waals surface area contributed by atoms with Crippen molar-refractivity contribution in [3.63, 3.8) is 0 Å². The van der Waals surface area contributed by atoms with E-state index in [2.05, 4.69) is 15.2 Å². The highest BCUT2D eigenvalue weighted by molar-refractivity contribution is 6.39. The summed E-state index contributed by atoms with van der Waals surface area (Å²) >= 11 is 18.5. The summed E-state index contributed by atoms with van der Waals surface area (Å²) in [5, 5.41) is 21.2. The van der Waals surface area contributed by atoms with Crippen LogP contribution >= 0.6 is 34.8 Å². The molecule has 7 nitrogen and oxygen atoms in total. The molecule has 0 amide bonds. The third-order valence-corrected chi connectivity index (χ3v) is 6.44. The molecule has 0 aliphatic rings. The fourth-order valence-electron chi connectivity index (χ4n) is 3.64. The van der Waals surface area contributed by atoms with E-state index in [1.165, 1.54) is 23.4 Å². The van der Waals surface area contributed by atoms with Crippen molar-refractivity contribution in [2.24, 2.45) is 0 Å². The number of hydrogen-bond donors (Lipinski definition) is 1. The molecule has 0 unspecified atom stereocenters. The summed E-state index contributed by atoms with van der Waals surface area (Å²) in [6, 6.07) is 7.92. The molecule has 184 valence electrons. The van der Waals surface area contributed by atoms with Crippen LogP contribution in [0.1, 0.15) is 23.7 Å². The van der Waals surface area contributed by atoms with Gasteiger partial charge in [0.05, 0.1) is 31.5 Å². The van der Waals surface area contributed by atoms with Crippen molar-refractivity contribution in [3.8, 4) is 0 Å². The van der Waals surface area contributed by atoms with Crippen LogP contribution in [0.5, 0.6) is 0 Å². The average molecular weight is 543 g/mol. The van der Waals surface area contributed by atoms with Gasteiger partial charge >= 0.3 is 0 Å². The first kappa shape index (κ1) is 25.5. The predicted octanol–water partition coefficient (Wildman–Crippen LogP) is 5.25. The summed E-state index contributed by atoms with van der Waals surface area (Å²) < 4.78 is 37.0. The second kappa shape index (κ2) is 10.6. The Morgan fingerprint density at radius 3 is 2.49 bits per heavy atom. The van der Waals surface area contributed by atoms with E-state index in [-0.39, 0.29) is 18.7 Å². The Kier molecular flexibility index (Phi) is 7.73. The van der Waals surface area contributed by atoms with Gasteiger partial charge in [0.25, 0.3) is 0 Å². The Balaban J connectivity index is 1.50. The Labute approximate surface area is 214 Å². The molecule has 0 aliphatic heterocycles. The first-order valence-electron chi connectivity index (χ1n) is 10.4. The number of ether oxygens (including phenoxy) is 1. The van der Waals surface area contributed by atoms with Gasteiger partial charge in [0.1, 0.15) is 29.9 Å². The van der Waals surface area contributed by atoms with Crippen molar-refractivity contribution in [3.05, 3.63) is 98.8 Å². The highest BCUT2D eigenvalue weighted by atomic mass is 35.5. The molecule has 0 bridgehead atoms. The number of rotatable bonds is 9. The lowest BCUT2D eigenvalue weighted by atomic mass is 9.88. The zero-order chi connectivity index (χ0) is 25.2. The molecule has 2 aromatic heterocycles. The van der Waals surface area contributed by atoms with Gasteiger partial charge in [-0.05, 0) is 31.2 Å². The molecule has 2 atom stereocenters. The molecule has 4 rings (SSSR count). The maximum Gasteiger partial charge on any atom is 0.138 e. The molecule has 0 saturated carbocycles. The SMILES string of the molecule is C[C@@H](OCc1ccn(Cc2c(Cl)cc(Cl)cc2Cl)n1)[C@](O)(Cn1cncn1)c1ccc(F)cc1F. The maximum absolute atomic E-state index is 14.7. The lowest BCUT2D eigenvalue weighted by molar-refractivity contribution is -0.124. The lowest BCUT2D eigenvalue weighted by Gasteiger charge is -2.34. The largest absolute Gasteiger partial charge is 0.380 e. The molecule has 0 aliphatic carbocycles. The molecule has 2 heterocycles. The quantitative estimate of drug-likeness (QED) is 0.312. The van der Waals surface area contributed by atoms with E-state index in [4.69, 9.17) is 39.5 Å². The highest BCUT2D eigenvalue weighted by Crippen LogP contribution is 2.32. The van der Waals surface area contributed by atoms with Crippen molar-refractivity contribution in [2.75, 3.05) is 0 Å². The zero-order valence-corrected chi connectivity index (χ0v) is 20.6. The molecule has 12 heteroatoms. The highest BCUT2D eigenvalue weighted by Gasteiger charge is 2.40. The molecule has 0 saturated heterocycles. The topological polar surface area (TPSA) is 78.0 Å². The molecule has 35 heavy (non-hydrogen) atoms. The van der Waals surface area contributed by atoms with Gasteiger partial charge in [0, 0.05) is 38.5 Å². The molecule has 0 radical (unpaired) electrons. The molecular weight excluding hydrogens is 523 g/mol. The van der Waals surface area contributed by atoms with E-state index in [0.717, 1.165) is 6.07 Å². The third kappa shape index (κ3) is 5.82. The van der Waals surface area contributed by atoms with Gasteiger partial charge in [0.2, 0.25) is 0 Å². The first-order valence-corrected chi connectivity index (χ1v) is 11.6. The number of aliphatic hydroxyl groups is 1. The van der Waals surface area contributed by atoms with Gasteiger partial charge in [-0.3, -0.25) is 4.68 Å². The number of benzene rings is 2. The van der Waals surface area contributed by atoms with Crippen LogP contribution < -0.4 is 0 Å². The second-order valence-electron chi connectivity index (χ2n) is 7.95. The second-order valence-corrected chi connectivity index (χ2v) is 9.20. The van der Waals surface area contributed by atoms with Crippen LogP contribution in [0.25, 0.3) is 0 Å². The Morgan fingerprint density at radius 1 is 1.09 bits per heavy atom. The van der Waals surface area contributed by atoms with E-state index in [9.17, 15) is 13.9 Å². The third-order valence-electron chi connectivity index (χ3n) is 5.54. The van der Waals surface area contributed by atoms with Crippen LogP contribution in [0.15, 0.2) is 55.2 Å². The smallest absolute Gasteiger partial charge is 0.138 e. The van der Waals surface area contributed by atoms with Gasteiger partial charge in [-0.1, -0.05) is 40.9 Å². The van der Waals surface area contributed by atoms with Crippen LogP contribution in [0.2, 0.25) is 15.1 Å². The Morgan fingerprint density at radius 2 is 1.83 bits per heavy atom. The Bertz CT molecular complexity index is 1300. The average Bonchev–Trinajstić information content (AvgIpc) is 3.46. The predicted molar refractivity (Wildman–Crippen MR) is 127 cm³/mol. The summed E-state index contributed by atoms with van der Waals surface area (Å²) in [6.07, 6.45) is 3.47. The van der Waals surface area contributed by atoms with E-state index in [1.807, 2.05) is 0 Å². The van der Waals surface area contributed by atoms with E-state index in [0.29, 0.717) is 38.9 Å². The molecule has 2 aromatic carbocycles. The van der Waals surface area contributed by atoms with Crippen LogP contribution in [0, 0.1) is 11.6 Å². The van der Waals surface area contributed by atoms with Crippen molar-refractivity contribution < 1.29 is 18.6 Å². The van der Waals surface area contributed by atoms with Crippen molar-refractivity contribution in [2.45, 2.75) is 38.3 Å². The molecule has 4 aromatic rings. The summed E-state index contributed by atoms with van der Waals surface area (Å²) in [5.41, 5.74) is -0.783. The van der Waals surface area contributed by atoms with Crippen molar-refractivity contribution in [1.29, 1.82) is 0 Å². The maximum atomic E-state index is 14.7. The Hall–Kier alpha value is -2.56. The minimum absolute atomic E-state index is 0.0126. The molecule has 1 N–H and O–H groups in total. The van der Waals surface area contributed by atoms with Gasteiger partial charge in [-0.2, -0.15) is 10.2 Å². The summed E-state index contributed by atoms with van der Waals surface area (Å²) in [4.78, 5) is 3.85. The zero-order valence-electron chi connectivity index (χ0n) is 18.4. The van der Waals surface area contributed by atoms with E-state index in [1.54, 1.807) is 36.0 Å². The van der Waals surface area contributed by atoms with Gasteiger partial charge < -0.3 is 9.84 Å². The minimum Gasteiger partial charge on any atom is -0.380 e. The first-order chi connectivity index (χ1) is 16.7. The fraction of sp³-hybridized carbons (Fsp3) is 0.261. The van der Waals surface area contributed by atoms with E-state index >= 15 is 0 Å². The molecule has 0 spiro atoms. The van der Waals surface area contributed by atoms with Gasteiger partial charge in [-0.15, -0.1) is 0 Å². The standard InChI is InChI=1S/C23H20Cl3F2N5O2/c1-14(23(34,11-33-13-29-12-30-33)19-3-2-16(27)8-22(19)28)35-10-17-4-5-32(31-17)9-18-20(25)6-15(24)7-21(18)26/h2-8,12-14,34H,9-11H2,1H3/t14-,23-/m1/s1. The molecule has 0 fully saturated rings. The van der Waals surface area contributed by atoms with Gasteiger partial charge in [0.15, 0.2) is 0 Å². The normalized spacial score (nSPS) is 14.1. The van der Waals surface area contributed by atoms with Crippen LogP contribution in [0.4, 0.5) is 8.78 Å². The number of hydrogen-bond acceptors (Lipinski definition) is 5. The summed E-state index contributed by atoms with van der Waals surface area (Å²) in [6.45, 7) is 1.74. The van der Waals surface area contributed by atoms with Crippen LogP contribution in [0.3, 0.4) is 0 Å². The van der Waals surface area contributed by atoms with E-state index < -0.39 is 23.3 Å². The number of aromatic nitrogens is 5. The minimum atomic E-state index is -1.88. The van der Waals surface area contributed by atoms with Crippen molar-refractivity contribution in [1.82, 2.24) is 24.5 Å². The monoisotopic (exact) mass is 541 g/mol. The number of nitrogens with zero attached hydrogens (tertiary/aromatic N) is 5. The van der Waals surface area contributed by atoms with Crippen molar-refractivity contribution >= 4 is 34.8 Å². The summed E-state index contributed by atoms with van der Waals surface area (Å²) in [7, 11) is 0. The lowest BCUT2D eigenvalue weighted by Crippen LogP contribution is -2.44. The fourth-order valence-corrected chi connectivity index (χ4v) is 4.57. The van der Waals surface area contributed by atoms with Crippen LogP contribution in [-0.2, 0) is 30.0 Å².